The van der Waals surface area contributed by atoms with Crippen molar-refractivity contribution in [1.29, 1.82) is 0 Å². The molecule has 0 aliphatic heterocycles. The molecule has 1 unspecified atom stereocenters. The minimum atomic E-state index is -0.507. The number of methoxy groups -OCH3 is 1. The monoisotopic (exact) mass is 357 g/mol. The molecule has 0 saturated heterocycles. The lowest BCUT2D eigenvalue weighted by Crippen LogP contribution is -2.38. The maximum Gasteiger partial charge on any atom is 0.337 e. The maximum absolute atomic E-state index is 12.3. The first-order valence-corrected chi connectivity index (χ1v) is 8.35. The number of benzene rings is 2. The number of amides is 1. The molecule has 138 valence electrons. The van der Waals surface area contributed by atoms with Crippen LogP contribution in [-0.4, -0.2) is 43.3 Å². The lowest BCUT2D eigenvalue weighted by Gasteiger charge is -2.16. The first-order valence-electron chi connectivity index (χ1n) is 8.35. The van der Waals surface area contributed by atoms with Gasteiger partial charge in [-0.1, -0.05) is 36.4 Å². The summed E-state index contributed by atoms with van der Waals surface area (Å²) in [4.78, 5) is 23.9. The lowest BCUT2D eigenvalue weighted by molar-refractivity contribution is 0.0600. The molecule has 1 amide bonds. The van der Waals surface area contributed by atoms with E-state index in [0.29, 0.717) is 30.8 Å². The zero-order chi connectivity index (χ0) is 18.8. The molecule has 2 N–H and O–H groups in total. The van der Waals surface area contributed by atoms with Gasteiger partial charge in [-0.3, -0.25) is 4.79 Å². The zero-order valence-electron chi connectivity index (χ0n) is 14.7. The van der Waals surface area contributed by atoms with Crippen molar-refractivity contribution in [3.8, 4) is 0 Å². The third-order valence-corrected chi connectivity index (χ3v) is 3.82. The van der Waals surface area contributed by atoms with Crippen LogP contribution in [0.1, 0.15) is 32.7 Å². The fraction of sp³-hybridized carbons (Fsp3) is 0.300. The maximum atomic E-state index is 12.3. The Morgan fingerprint density at radius 1 is 1.08 bits per heavy atom. The molecule has 0 aromatic heterocycles. The summed E-state index contributed by atoms with van der Waals surface area (Å²) in [5.74, 6) is -0.870. The normalized spacial score (nSPS) is 11.6. The van der Waals surface area contributed by atoms with Gasteiger partial charge in [0.1, 0.15) is 0 Å². The van der Waals surface area contributed by atoms with Gasteiger partial charge in [0.15, 0.2) is 0 Å². The van der Waals surface area contributed by atoms with Crippen LogP contribution in [0.5, 0.6) is 0 Å². The van der Waals surface area contributed by atoms with Gasteiger partial charge in [0.25, 0.3) is 5.91 Å². The van der Waals surface area contributed by atoms with Gasteiger partial charge in [0.2, 0.25) is 0 Å². The number of hydrogen-bond acceptors (Lipinski definition) is 5. The van der Waals surface area contributed by atoms with E-state index in [9.17, 15) is 14.7 Å². The van der Waals surface area contributed by atoms with Crippen LogP contribution in [0.25, 0.3) is 0 Å². The first kappa shape index (κ1) is 19.6. The van der Waals surface area contributed by atoms with Crippen LogP contribution in [0.15, 0.2) is 54.6 Å². The van der Waals surface area contributed by atoms with Gasteiger partial charge in [-0.25, -0.2) is 4.79 Å². The number of hydrogen-bond donors (Lipinski definition) is 2. The van der Waals surface area contributed by atoms with E-state index >= 15 is 0 Å². The smallest absolute Gasteiger partial charge is 0.337 e. The Bertz CT molecular complexity index is 717. The average Bonchev–Trinajstić information content (AvgIpc) is 2.70. The third kappa shape index (κ3) is 5.98. The molecule has 6 heteroatoms. The van der Waals surface area contributed by atoms with E-state index < -0.39 is 12.0 Å². The molecule has 0 aliphatic carbocycles. The molecule has 0 bridgehead atoms. The molecule has 26 heavy (non-hydrogen) atoms. The van der Waals surface area contributed by atoms with Crippen molar-refractivity contribution in [1.82, 2.24) is 5.32 Å². The van der Waals surface area contributed by atoms with Crippen LogP contribution in [0, 0.1) is 0 Å². The van der Waals surface area contributed by atoms with E-state index in [-0.39, 0.29) is 12.5 Å². The third-order valence-electron chi connectivity index (χ3n) is 3.82. The van der Waals surface area contributed by atoms with Gasteiger partial charge >= 0.3 is 5.97 Å². The minimum Gasteiger partial charge on any atom is -0.465 e. The summed E-state index contributed by atoms with van der Waals surface area (Å²) in [6.07, 6.45) is 0.478. The SMILES string of the molecule is COC(=O)c1cccc(C(=O)NC(CO)CCOCc2ccccc2)c1. The summed E-state index contributed by atoms with van der Waals surface area (Å²) >= 11 is 0. The molecule has 0 spiro atoms. The van der Waals surface area contributed by atoms with E-state index in [1.165, 1.54) is 13.2 Å². The van der Waals surface area contributed by atoms with Crippen LogP contribution in [0.4, 0.5) is 0 Å². The Labute approximate surface area is 152 Å². The second-order valence-corrected chi connectivity index (χ2v) is 5.75. The molecule has 2 rings (SSSR count). The minimum absolute atomic E-state index is 0.197. The number of nitrogens with one attached hydrogen (secondary N) is 1. The molecule has 0 heterocycles. The summed E-state index contributed by atoms with van der Waals surface area (Å²) in [5.41, 5.74) is 1.69. The fourth-order valence-corrected chi connectivity index (χ4v) is 2.37. The van der Waals surface area contributed by atoms with Crippen molar-refractivity contribution < 1.29 is 24.2 Å². The highest BCUT2D eigenvalue weighted by molar-refractivity contribution is 5.98. The summed E-state index contributed by atoms with van der Waals surface area (Å²) in [7, 11) is 1.28. The van der Waals surface area contributed by atoms with Gasteiger partial charge in [-0.15, -0.1) is 0 Å². The Morgan fingerprint density at radius 2 is 1.81 bits per heavy atom. The highest BCUT2D eigenvalue weighted by Gasteiger charge is 2.15. The molecule has 6 nitrogen and oxygen atoms in total. The zero-order valence-corrected chi connectivity index (χ0v) is 14.7. The Balaban J connectivity index is 1.83. The number of carbonyl (C=O) groups excluding carboxylic acids is 2. The van der Waals surface area contributed by atoms with E-state index in [0.717, 1.165) is 5.56 Å². The van der Waals surface area contributed by atoms with E-state index in [4.69, 9.17) is 4.74 Å². The lowest BCUT2D eigenvalue weighted by atomic mass is 10.1. The van der Waals surface area contributed by atoms with Crippen molar-refractivity contribution >= 4 is 11.9 Å². The predicted octanol–water partition coefficient (Wildman–Crippen LogP) is 2.17. The van der Waals surface area contributed by atoms with Crippen LogP contribution < -0.4 is 5.32 Å². The van der Waals surface area contributed by atoms with Gasteiger partial charge < -0.3 is 19.9 Å². The van der Waals surface area contributed by atoms with Gasteiger partial charge in [0, 0.05) is 12.2 Å². The van der Waals surface area contributed by atoms with Crippen molar-refractivity contribution in [2.75, 3.05) is 20.3 Å². The van der Waals surface area contributed by atoms with Crippen LogP contribution in [0.2, 0.25) is 0 Å². The van der Waals surface area contributed by atoms with E-state index in [1.54, 1.807) is 18.2 Å². The Hall–Kier alpha value is -2.70. The van der Waals surface area contributed by atoms with Gasteiger partial charge in [0.05, 0.1) is 31.9 Å². The van der Waals surface area contributed by atoms with Crippen molar-refractivity contribution in [3.05, 3.63) is 71.3 Å². The summed E-state index contributed by atoms with van der Waals surface area (Å²) < 4.78 is 10.2. The van der Waals surface area contributed by atoms with E-state index in [2.05, 4.69) is 10.1 Å². The second kappa shape index (κ2) is 10.3. The molecule has 0 saturated carbocycles. The molecule has 0 fully saturated rings. The molecule has 0 aliphatic rings. The van der Waals surface area contributed by atoms with Crippen molar-refractivity contribution in [3.63, 3.8) is 0 Å². The van der Waals surface area contributed by atoms with Crippen molar-refractivity contribution in [2.45, 2.75) is 19.1 Å². The largest absolute Gasteiger partial charge is 0.465 e. The summed E-state index contributed by atoms with van der Waals surface area (Å²) in [6.45, 7) is 0.688. The van der Waals surface area contributed by atoms with Gasteiger partial charge in [-0.05, 0) is 30.2 Å². The fourth-order valence-electron chi connectivity index (χ4n) is 2.37. The topological polar surface area (TPSA) is 84.9 Å². The number of esters is 1. The number of rotatable bonds is 9. The number of ether oxygens (including phenoxy) is 2. The van der Waals surface area contributed by atoms with Crippen LogP contribution >= 0.6 is 0 Å². The second-order valence-electron chi connectivity index (χ2n) is 5.75. The average molecular weight is 357 g/mol. The standard InChI is InChI=1S/C20H23NO5/c1-25-20(24)17-9-5-8-16(12-17)19(23)21-18(13-22)10-11-26-14-15-6-3-2-4-7-15/h2-9,12,18,22H,10-11,13-14H2,1H3,(H,21,23). The molecule has 2 aromatic carbocycles. The Kier molecular flexibility index (Phi) is 7.79. The van der Waals surface area contributed by atoms with Gasteiger partial charge in [-0.2, -0.15) is 0 Å². The number of aliphatic hydroxyl groups is 1. The molecular formula is C20H23NO5. The Morgan fingerprint density at radius 3 is 2.50 bits per heavy atom. The molecule has 1 atom stereocenters. The number of aliphatic hydroxyl groups excluding tert-OH is 1. The van der Waals surface area contributed by atoms with Crippen LogP contribution in [0.3, 0.4) is 0 Å². The highest BCUT2D eigenvalue weighted by Crippen LogP contribution is 2.08. The molecule has 0 radical (unpaired) electrons. The quantitative estimate of drug-likeness (QED) is 0.531. The molecule has 2 aromatic rings. The summed E-state index contributed by atoms with van der Waals surface area (Å²) in [6, 6.07) is 15.6. The number of carbonyl (C=O) groups is 2. The predicted molar refractivity (Wildman–Crippen MR) is 96.8 cm³/mol. The van der Waals surface area contributed by atoms with E-state index in [1.807, 2.05) is 30.3 Å². The highest BCUT2D eigenvalue weighted by atomic mass is 16.5. The first-order chi connectivity index (χ1) is 12.6. The molecular weight excluding hydrogens is 334 g/mol. The van der Waals surface area contributed by atoms with Crippen LogP contribution in [-0.2, 0) is 16.1 Å². The van der Waals surface area contributed by atoms with Crippen molar-refractivity contribution in [2.24, 2.45) is 0 Å². The summed E-state index contributed by atoms with van der Waals surface area (Å²) in [5, 5.41) is 12.2.